The molecule has 1 aromatic rings. The Balaban J connectivity index is 1.67. The van der Waals surface area contributed by atoms with Crippen LogP contribution in [0, 0.1) is 0 Å². The van der Waals surface area contributed by atoms with Gasteiger partial charge in [-0.3, -0.25) is 0 Å². The van der Waals surface area contributed by atoms with Crippen LogP contribution in [0.5, 0.6) is 0 Å². The Morgan fingerprint density at radius 2 is 2.17 bits per heavy atom. The van der Waals surface area contributed by atoms with Crippen molar-refractivity contribution >= 4 is 0 Å². The molecule has 98 valence electrons. The standard InChI is InChI=1S/C16H23NO/c1-2-16(9-5-10-16)17-12-15-14-7-4-3-6-13(14)8-11-18-15/h3-4,6-7,15,17H,2,5,8-12H2,1H3. The van der Waals surface area contributed by atoms with Gasteiger partial charge in [-0.15, -0.1) is 0 Å². The maximum absolute atomic E-state index is 5.95. The van der Waals surface area contributed by atoms with Crippen molar-refractivity contribution in [3.05, 3.63) is 35.4 Å². The molecule has 0 amide bonds. The molecule has 1 aliphatic carbocycles. The van der Waals surface area contributed by atoms with Gasteiger partial charge in [0.15, 0.2) is 0 Å². The normalized spacial score (nSPS) is 25.3. The molecule has 0 aromatic heterocycles. The van der Waals surface area contributed by atoms with Crippen molar-refractivity contribution in [2.24, 2.45) is 0 Å². The van der Waals surface area contributed by atoms with E-state index in [0.717, 1.165) is 19.6 Å². The van der Waals surface area contributed by atoms with E-state index in [1.165, 1.54) is 36.8 Å². The van der Waals surface area contributed by atoms with Gasteiger partial charge in [0.25, 0.3) is 0 Å². The van der Waals surface area contributed by atoms with Gasteiger partial charge in [0.05, 0.1) is 12.7 Å². The fourth-order valence-corrected chi connectivity index (χ4v) is 3.21. The molecule has 0 spiro atoms. The van der Waals surface area contributed by atoms with Gasteiger partial charge in [-0.1, -0.05) is 31.2 Å². The highest BCUT2D eigenvalue weighted by Gasteiger charge is 2.35. The number of rotatable bonds is 4. The van der Waals surface area contributed by atoms with Crippen LogP contribution in [0.3, 0.4) is 0 Å². The highest BCUT2D eigenvalue weighted by molar-refractivity contribution is 5.31. The molecular formula is C16H23NO. The first-order chi connectivity index (χ1) is 8.83. The summed E-state index contributed by atoms with van der Waals surface area (Å²) in [6.07, 6.45) is 6.59. The maximum Gasteiger partial charge on any atom is 0.0952 e. The van der Waals surface area contributed by atoms with Crippen LogP contribution in [0.1, 0.15) is 49.8 Å². The van der Waals surface area contributed by atoms with Crippen molar-refractivity contribution in [2.75, 3.05) is 13.2 Å². The lowest BCUT2D eigenvalue weighted by atomic mass is 9.74. The summed E-state index contributed by atoms with van der Waals surface area (Å²) in [7, 11) is 0. The minimum atomic E-state index is 0.249. The first-order valence-corrected chi connectivity index (χ1v) is 7.27. The van der Waals surface area contributed by atoms with Crippen molar-refractivity contribution in [2.45, 2.75) is 50.7 Å². The van der Waals surface area contributed by atoms with Crippen molar-refractivity contribution in [3.63, 3.8) is 0 Å². The van der Waals surface area contributed by atoms with E-state index < -0.39 is 0 Å². The number of fused-ring (bicyclic) bond motifs is 1. The zero-order valence-corrected chi connectivity index (χ0v) is 11.2. The fourth-order valence-electron chi connectivity index (χ4n) is 3.21. The average Bonchev–Trinajstić information content (AvgIpc) is 2.38. The Kier molecular flexibility index (Phi) is 3.40. The Morgan fingerprint density at radius 1 is 1.33 bits per heavy atom. The van der Waals surface area contributed by atoms with Crippen molar-refractivity contribution < 1.29 is 4.74 Å². The van der Waals surface area contributed by atoms with Gasteiger partial charge in [0.2, 0.25) is 0 Å². The summed E-state index contributed by atoms with van der Waals surface area (Å²) in [6, 6.07) is 8.72. The zero-order chi connectivity index (χ0) is 12.4. The second-order valence-electron chi connectivity index (χ2n) is 5.68. The minimum absolute atomic E-state index is 0.249. The van der Waals surface area contributed by atoms with Gasteiger partial charge >= 0.3 is 0 Å². The second kappa shape index (κ2) is 5.02. The summed E-state index contributed by atoms with van der Waals surface area (Å²) in [4.78, 5) is 0. The molecule has 2 aliphatic rings. The van der Waals surface area contributed by atoms with Gasteiger partial charge < -0.3 is 10.1 Å². The molecular weight excluding hydrogens is 222 g/mol. The first-order valence-electron chi connectivity index (χ1n) is 7.27. The molecule has 1 N–H and O–H groups in total. The lowest BCUT2D eigenvalue weighted by molar-refractivity contribution is 0.0293. The third kappa shape index (κ3) is 2.19. The topological polar surface area (TPSA) is 21.3 Å². The van der Waals surface area contributed by atoms with Crippen LogP contribution < -0.4 is 5.32 Å². The summed E-state index contributed by atoms with van der Waals surface area (Å²) in [5.74, 6) is 0. The second-order valence-corrected chi connectivity index (χ2v) is 5.68. The minimum Gasteiger partial charge on any atom is -0.372 e. The molecule has 1 fully saturated rings. The molecule has 1 aromatic carbocycles. The molecule has 0 radical (unpaired) electrons. The van der Waals surface area contributed by atoms with E-state index in [0.29, 0.717) is 5.54 Å². The number of ether oxygens (including phenoxy) is 1. The number of benzene rings is 1. The van der Waals surface area contributed by atoms with Crippen molar-refractivity contribution in [1.29, 1.82) is 0 Å². The summed E-state index contributed by atoms with van der Waals surface area (Å²) >= 11 is 0. The van der Waals surface area contributed by atoms with Gasteiger partial charge in [0.1, 0.15) is 0 Å². The molecule has 1 unspecified atom stereocenters. The molecule has 2 nitrogen and oxygen atoms in total. The Hall–Kier alpha value is -0.860. The number of nitrogens with one attached hydrogen (secondary N) is 1. The summed E-state index contributed by atoms with van der Waals surface area (Å²) in [5.41, 5.74) is 3.27. The molecule has 18 heavy (non-hydrogen) atoms. The van der Waals surface area contributed by atoms with Gasteiger partial charge in [-0.05, 0) is 43.2 Å². The zero-order valence-electron chi connectivity index (χ0n) is 11.2. The van der Waals surface area contributed by atoms with E-state index in [1.54, 1.807) is 0 Å². The molecule has 0 bridgehead atoms. The van der Waals surface area contributed by atoms with Crippen LogP contribution in [0.2, 0.25) is 0 Å². The molecule has 1 atom stereocenters. The first kappa shape index (κ1) is 12.2. The molecule has 0 saturated heterocycles. The van der Waals surface area contributed by atoms with Crippen molar-refractivity contribution in [1.82, 2.24) is 5.32 Å². The highest BCUT2D eigenvalue weighted by atomic mass is 16.5. The largest absolute Gasteiger partial charge is 0.372 e. The van der Waals surface area contributed by atoms with Gasteiger partial charge in [0, 0.05) is 12.1 Å². The Labute approximate surface area is 110 Å². The maximum atomic E-state index is 5.95. The third-order valence-corrected chi connectivity index (χ3v) is 4.74. The summed E-state index contributed by atoms with van der Waals surface area (Å²) in [5, 5.41) is 3.77. The molecule has 1 heterocycles. The van der Waals surface area contributed by atoms with Crippen LogP contribution in [0.4, 0.5) is 0 Å². The Bertz CT molecular complexity index is 406. The SMILES string of the molecule is CCC1(NCC2OCCc3ccccc32)CCC1. The van der Waals surface area contributed by atoms with E-state index in [9.17, 15) is 0 Å². The monoisotopic (exact) mass is 245 g/mol. The smallest absolute Gasteiger partial charge is 0.0952 e. The Morgan fingerprint density at radius 3 is 2.89 bits per heavy atom. The predicted molar refractivity (Wildman–Crippen MR) is 73.7 cm³/mol. The molecule has 3 rings (SSSR count). The molecule has 1 aliphatic heterocycles. The van der Waals surface area contributed by atoms with Gasteiger partial charge in [-0.25, -0.2) is 0 Å². The van der Waals surface area contributed by atoms with Crippen LogP contribution in [-0.4, -0.2) is 18.7 Å². The van der Waals surface area contributed by atoms with Crippen LogP contribution >= 0.6 is 0 Å². The summed E-state index contributed by atoms with van der Waals surface area (Å²) in [6.45, 7) is 4.12. The van der Waals surface area contributed by atoms with Crippen LogP contribution in [-0.2, 0) is 11.2 Å². The quantitative estimate of drug-likeness (QED) is 0.879. The molecule has 1 saturated carbocycles. The van der Waals surface area contributed by atoms with Crippen LogP contribution in [0.15, 0.2) is 24.3 Å². The lowest BCUT2D eigenvalue weighted by Crippen LogP contribution is -2.52. The number of hydrogen-bond donors (Lipinski definition) is 1. The van der Waals surface area contributed by atoms with Gasteiger partial charge in [-0.2, -0.15) is 0 Å². The van der Waals surface area contributed by atoms with E-state index in [2.05, 4.69) is 36.5 Å². The third-order valence-electron chi connectivity index (χ3n) is 4.74. The fraction of sp³-hybridized carbons (Fsp3) is 0.625. The van der Waals surface area contributed by atoms with Crippen LogP contribution in [0.25, 0.3) is 0 Å². The van der Waals surface area contributed by atoms with E-state index in [1.807, 2.05) is 0 Å². The highest BCUT2D eigenvalue weighted by Crippen LogP contribution is 2.35. The lowest BCUT2D eigenvalue weighted by Gasteiger charge is -2.43. The van der Waals surface area contributed by atoms with E-state index >= 15 is 0 Å². The average molecular weight is 245 g/mol. The predicted octanol–water partition coefficient (Wildman–Crippen LogP) is 3.22. The molecule has 2 heteroatoms. The number of hydrogen-bond acceptors (Lipinski definition) is 2. The van der Waals surface area contributed by atoms with E-state index in [4.69, 9.17) is 4.74 Å². The van der Waals surface area contributed by atoms with E-state index in [-0.39, 0.29) is 6.10 Å². The summed E-state index contributed by atoms with van der Waals surface area (Å²) < 4.78 is 5.95. The van der Waals surface area contributed by atoms with Crippen molar-refractivity contribution in [3.8, 4) is 0 Å².